The summed E-state index contributed by atoms with van der Waals surface area (Å²) in [4.78, 5) is 19.6. The lowest BCUT2D eigenvalue weighted by molar-refractivity contribution is -0.114. The predicted molar refractivity (Wildman–Crippen MR) is 137 cm³/mol. The number of aromatic nitrogens is 2. The number of aliphatic hydroxyl groups is 1. The highest BCUT2D eigenvalue weighted by molar-refractivity contribution is 7.92. The Hall–Kier alpha value is -3.31. The molecular formula is C24H19Cl2FN4O4S. The fourth-order valence-electron chi connectivity index (χ4n) is 3.63. The minimum absolute atomic E-state index is 0.0474. The van der Waals surface area contributed by atoms with E-state index < -0.39 is 27.3 Å². The number of carbonyl (C=O) groups is 1. The summed E-state index contributed by atoms with van der Waals surface area (Å²) in [6.45, 7) is 2.52. The van der Waals surface area contributed by atoms with Crippen LogP contribution in [0.15, 0.2) is 53.6 Å². The second-order valence-corrected chi connectivity index (χ2v) is 10.3. The first kappa shape index (κ1) is 25.8. The molecule has 0 aliphatic rings. The van der Waals surface area contributed by atoms with E-state index in [4.69, 9.17) is 23.2 Å². The number of anilines is 2. The number of sulfonamides is 1. The fraction of sp³-hybridized carbons (Fsp3) is 0.125. The van der Waals surface area contributed by atoms with Gasteiger partial charge in [-0.3, -0.25) is 14.5 Å². The Morgan fingerprint density at radius 2 is 1.89 bits per heavy atom. The van der Waals surface area contributed by atoms with Crippen LogP contribution in [0, 0.1) is 12.7 Å². The van der Waals surface area contributed by atoms with Crippen LogP contribution in [0.2, 0.25) is 10.0 Å². The molecule has 0 saturated carbocycles. The van der Waals surface area contributed by atoms with Crippen molar-refractivity contribution in [2.45, 2.75) is 25.3 Å². The summed E-state index contributed by atoms with van der Waals surface area (Å²) in [6, 6.07) is 10.0. The standard InChI is InChI=1S/C24H19Cl2FN4O4S/c1-12-18(7-14-10-28-22(30-13(2)33)9-20(14)29-12)17-4-3-5-19(24(17)27)31-36(34,35)21-8-16(25)6-15(11-32)23(21)26/h3-10,31-32H,11H2,1-2H3,(H,28,30,33). The number of hydrogen-bond acceptors (Lipinski definition) is 6. The van der Waals surface area contributed by atoms with Crippen LogP contribution < -0.4 is 10.0 Å². The molecule has 4 rings (SSSR count). The monoisotopic (exact) mass is 548 g/mol. The molecule has 0 aliphatic heterocycles. The first-order valence-electron chi connectivity index (χ1n) is 10.5. The third kappa shape index (κ3) is 5.12. The zero-order valence-electron chi connectivity index (χ0n) is 18.9. The normalized spacial score (nSPS) is 11.5. The minimum atomic E-state index is -4.36. The summed E-state index contributed by atoms with van der Waals surface area (Å²) < 4.78 is 43.9. The average molecular weight is 549 g/mol. The number of nitrogens with one attached hydrogen (secondary N) is 2. The van der Waals surface area contributed by atoms with Crippen LogP contribution in [-0.2, 0) is 21.4 Å². The maximum Gasteiger partial charge on any atom is 0.263 e. The molecule has 0 unspecified atom stereocenters. The molecule has 0 bridgehead atoms. The van der Waals surface area contributed by atoms with Crippen LogP contribution in [-0.4, -0.2) is 29.4 Å². The van der Waals surface area contributed by atoms with Crippen molar-refractivity contribution in [3.8, 4) is 11.1 Å². The molecular weight excluding hydrogens is 530 g/mol. The molecule has 2 heterocycles. The number of aliphatic hydroxyl groups excluding tert-OH is 1. The Kier molecular flexibility index (Phi) is 7.14. The van der Waals surface area contributed by atoms with Crippen LogP contribution >= 0.6 is 23.2 Å². The number of aryl methyl sites for hydroxylation is 1. The van der Waals surface area contributed by atoms with E-state index in [-0.39, 0.29) is 32.8 Å². The van der Waals surface area contributed by atoms with E-state index >= 15 is 4.39 Å². The highest BCUT2D eigenvalue weighted by Gasteiger charge is 2.24. The van der Waals surface area contributed by atoms with Gasteiger partial charge in [-0.15, -0.1) is 0 Å². The van der Waals surface area contributed by atoms with Crippen molar-refractivity contribution < 1.29 is 22.7 Å². The van der Waals surface area contributed by atoms with Gasteiger partial charge in [0.15, 0.2) is 5.82 Å². The first-order valence-corrected chi connectivity index (χ1v) is 12.7. The second-order valence-electron chi connectivity index (χ2n) is 7.87. The maximum absolute atomic E-state index is 15.6. The first-order chi connectivity index (χ1) is 17.0. The number of carbonyl (C=O) groups excluding carboxylic acids is 1. The van der Waals surface area contributed by atoms with Crippen molar-refractivity contribution in [2.75, 3.05) is 10.0 Å². The molecule has 4 aromatic rings. The third-order valence-electron chi connectivity index (χ3n) is 5.27. The Balaban J connectivity index is 1.75. The molecule has 0 atom stereocenters. The van der Waals surface area contributed by atoms with Crippen molar-refractivity contribution in [1.29, 1.82) is 0 Å². The summed E-state index contributed by atoms with van der Waals surface area (Å²) in [6.07, 6.45) is 1.50. The van der Waals surface area contributed by atoms with Gasteiger partial charge in [-0.05, 0) is 36.8 Å². The van der Waals surface area contributed by atoms with E-state index in [0.29, 0.717) is 28.0 Å². The highest BCUT2D eigenvalue weighted by atomic mass is 35.5. The molecule has 3 N–H and O–H groups in total. The smallest absolute Gasteiger partial charge is 0.263 e. The van der Waals surface area contributed by atoms with Gasteiger partial charge in [0.05, 0.1) is 22.8 Å². The van der Waals surface area contributed by atoms with Gasteiger partial charge < -0.3 is 10.4 Å². The summed E-state index contributed by atoms with van der Waals surface area (Å²) in [7, 11) is -4.36. The van der Waals surface area contributed by atoms with E-state index in [1.54, 1.807) is 19.1 Å². The van der Waals surface area contributed by atoms with Gasteiger partial charge in [0.2, 0.25) is 5.91 Å². The second kappa shape index (κ2) is 9.98. The number of benzene rings is 2. The molecule has 2 aromatic carbocycles. The van der Waals surface area contributed by atoms with E-state index in [9.17, 15) is 18.3 Å². The SMILES string of the molecule is CC(=O)Nc1cc2nc(C)c(-c3cccc(NS(=O)(=O)c4cc(Cl)cc(CO)c4Cl)c3F)cc2cn1. The molecule has 12 heteroatoms. The van der Waals surface area contributed by atoms with Gasteiger partial charge in [-0.2, -0.15) is 0 Å². The molecule has 0 aliphatic carbocycles. The lowest BCUT2D eigenvalue weighted by Crippen LogP contribution is -2.15. The zero-order valence-corrected chi connectivity index (χ0v) is 21.3. The van der Waals surface area contributed by atoms with E-state index in [1.807, 2.05) is 0 Å². The number of hydrogen-bond donors (Lipinski definition) is 3. The average Bonchev–Trinajstić information content (AvgIpc) is 2.81. The van der Waals surface area contributed by atoms with Crippen molar-refractivity contribution in [3.05, 3.63) is 75.8 Å². The Morgan fingerprint density at radius 3 is 2.58 bits per heavy atom. The predicted octanol–water partition coefficient (Wildman–Crippen LogP) is 5.30. The highest BCUT2D eigenvalue weighted by Crippen LogP contribution is 2.35. The molecule has 8 nitrogen and oxygen atoms in total. The van der Waals surface area contributed by atoms with Crippen molar-refractivity contribution >= 4 is 61.5 Å². The topological polar surface area (TPSA) is 121 Å². The number of fused-ring (bicyclic) bond motifs is 1. The van der Waals surface area contributed by atoms with Gasteiger partial charge in [-0.1, -0.05) is 35.3 Å². The summed E-state index contributed by atoms with van der Waals surface area (Å²) in [5.41, 5.74) is 1.37. The molecule has 186 valence electrons. The number of nitrogens with zero attached hydrogens (tertiary/aromatic N) is 2. The quantitative estimate of drug-likeness (QED) is 0.300. The Morgan fingerprint density at radius 1 is 1.14 bits per heavy atom. The Labute approximate surface area is 216 Å². The van der Waals surface area contributed by atoms with Gasteiger partial charge in [0, 0.05) is 46.4 Å². The Bertz CT molecular complexity index is 1630. The van der Waals surface area contributed by atoms with Crippen molar-refractivity contribution in [1.82, 2.24) is 9.97 Å². The molecule has 2 aromatic heterocycles. The molecule has 0 fully saturated rings. The van der Waals surface area contributed by atoms with Crippen molar-refractivity contribution in [3.63, 3.8) is 0 Å². The van der Waals surface area contributed by atoms with E-state index in [2.05, 4.69) is 20.0 Å². The van der Waals surface area contributed by atoms with Gasteiger partial charge >= 0.3 is 0 Å². The number of pyridine rings is 2. The fourth-order valence-corrected chi connectivity index (χ4v) is 5.62. The number of halogens is 3. The maximum atomic E-state index is 15.6. The minimum Gasteiger partial charge on any atom is -0.392 e. The van der Waals surface area contributed by atoms with Crippen molar-refractivity contribution in [2.24, 2.45) is 0 Å². The van der Waals surface area contributed by atoms with Crippen LogP contribution in [0.25, 0.3) is 22.0 Å². The van der Waals surface area contributed by atoms with Gasteiger partial charge in [-0.25, -0.2) is 17.8 Å². The van der Waals surface area contributed by atoms with Crippen LogP contribution in [0.3, 0.4) is 0 Å². The lowest BCUT2D eigenvalue weighted by atomic mass is 10.0. The van der Waals surface area contributed by atoms with Gasteiger partial charge in [0.25, 0.3) is 10.0 Å². The van der Waals surface area contributed by atoms with Crippen LogP contribution in [0.5, 0.6) is 0 Å². The summed E-state index contributed by atoms with van der Waals surface area (Å²) >= 11 is 12.1. The third-order valence-corrected chi connectivity index (χ3v) is 7.43. The lowest BCUT2D eigenvalue weighted by Gasteiger charge is -2.15. The van der Waals surface area contributed by atoms with E-state index in [1.165, 1.54) is 37.4 Å². The molecule has 0 saturated heterocycles. The largest absolute Gasteiger partial charge is 0.392 e. The number of amides is 1. The van der Waals surface area contributed by atoms with Gasteiger partial charge in [0.1, 0.15) is 10.7 Å². The zero-order chi connectivity index (χ0) is 26.2. The summed E-state index contributed by atoms with van der Waals surface area (Å²) in [5.74, 6) is -0.766. The van der Waals surface area contributed by atoms with E-state index in [0.717, 1.165) is 6.07 Å². The molecule has 1 amide bonds. The molecule has 36 heavy (non-hydrogen) atoms. The van der Waals surface area contributed by atoms with Crippen LogP contribution in [0.4, 0.5) is 15.9 Å². The number of rotatable bonds is 6. The molecule has 0 spiro atoms. The summed E-state index contributed by atoms with van der Waals surface area (Å²) in [5, 5.41) is 12.4. The van der Waals surface area contributed by atoms with Crippen LogP contribution in [0.1, 0.15) is 18.2 Å². The molecule has 0 radical (unpaired) electrons.